The molecule has 0 fully saturated rings. The van der Waals surface area contributed by atoms with E-state index >= 15 is 0 Å². The summed E-state index contributed by atoms with van der Waals surface area (Å²) in [7, 11) is 0. The summed E-state index contributed by atoms with van der Waals surface area (Å²) in [6.45, 7) is 7.89. The second kappa shape index (κ2) is 7.06. The molecule has 2 aromatic rings. The average Bonchev–Trinajstić information content (AvgIpc) is 2.82. The molecule has 1 aromatic heterocycles. The number of thiophene rings is 1. The second-order valence-corrected chi connectivity index (χ2v) is 6.34. The van der Waals surface area contributed by atoms with E-state index in [-0.39, 0.29) is 0 Å². The minimum atomic E-state index is 0.502. The molecule has 104 valence electrons. The molecule has 0 saturated carbocycles. The zero-order chi connectivity index (χ0) is 13.7. The molecular weight excluding hydrogens is 250 g/mol. The molecule has 0 bridgehead atoms. The van der Waals surface area contributed by atoms with Crippen LogP contribution in [-0.4, -0.2) is 6.54 Å². The highest BCUT2D eigenvalue weighted by atomic mass is 32.1. The minimum absolute atomic E-state index is 0.502. The molecular formula is C17H25NS. The standard InChI is InChI=1S/C17H25NS/c1-4-8-13(3)11-16(18-5-2)15-12-19-17-10-7-6-9-14(15)17/h6-7,9-10,12-13,16,18H,4-5,8,11H2,1-3H3. The molecule has 1 heterocycles. The van der Waals surface area contributed by atoms with E-state index in [0.29, 0.717) is 6.04 Å². The summed E-state index contributed by atoms with van der Waals surface area (Å²) in [5.41, 5.74) is 1.49. The summed E-state index contributed by atoms with van der Waals surface area (Å²) in [5, 5.41) is 7.45. The van der Waals surface area contributed by atoms with Crippen molar-refractivity contribution in [2.75, 3.05) is 6.54 Å². The summed E-state index contributed by atoms with van der Waals surface area (Å²) >= 11 is 1.87. The van der Waals surface area contributed by atoms with Crippen LogP contribution in [0.4, 0.5) is 0 Å². The lowest BCUT2D eigenvalue weighted by Crippen LogP contribution is -2.22. The van der Waals surface area contributed by atoms with Gasteiger partial charge in [-0.25, -0.2) is 0 Å². The highest BCUT2D eigenvalue weighted by Crippen LogP contribution is 2.33. The Hall–Kier alpha value is -0.860. The number of nitrogens with one attached hydrogen (secondary N) is 1. The van der Waals surface area contributed by atoms with Gasteiger partial charge in [0.1, 0.15) is 0 Å². The number of fused-ring (bicyclic) bond motifs is 1. The molecule has 1 N–H and O–H groups in total. The quantitative estimate of drug-likeness (QED) is 0.715. The molecule has 0 saturated heterocycles. The van der Waals surface area contributed by atoms with Gasteiger partial charge in [0.2, 0.25) is 0 Å². The van der Waals surface area contributed by atoms with Crippen LogP contribution in [-0.2, 0) is 0 Å². The van der Waals surface area contributed by atoms with Gasteiger partial charge < -0.3 is 5.32 Å². The number of benzene rings is 1. The van der Waals surface area contributed by atoms with Crippen LogP contribution in [0.5, 0.6) is 0 Å². The largest absolute Gasteiger partial charge is 0.310 e. The molecule has 1 aromatic carbocycles. The van der Waals surface area contributed by atoms with Crippen molar-refractivity contribution in [3.05, 3.63) is 35.2 Å². The van der Waals surface area contributed by atoms with Crippen LogP contribution in [0.15, 0.2) is 29.6 Å². The van der Waals surface area contributed by atoms with Crippen molar-refractivity contribution in [2.24, 2.45) is 5.92 Å². The molecule has 0 amide bonds. The number of hydrogen-bond donors (Lipinski definition) is 1. The van der Waals surface area contributed by atoms with E-state index in [2.05, 4.69) is 55.7 Å². The Bertz CT molecular complexity index is 503. The van der Waals surface area contributed by atoms with Gasteiger partial charge >= 0.3 is 0 Å². The molecule has 1 nitrogen and oxygen atoms in total. The summed E-state index contributed by atoms with van der Waals surface area (Å²) in [6.07, 6.45) is 3.84. The van der Waals surface area contributed by atoms with Crippen molar-refractivity contribution in [3.8, 4) is 0 Å². The van der Waals surface area contributed by atoms with E-state index in [0.717, 1.165) is 12.5 Å². The SMILES string of the molecule is CCCC(C)CC(NCC)c1csc2ccccc12. The molecule has 2 unspecified atom stereocenters. The lowest BCUT2D eigenvalue weighted by Gasteiger charge is -2.21. The topological polar surface area (TPSA) is 12.0 Å². The fourth-order valence-electron chi connectivity index (χ4n) is 2.85. The maximum absolute atomic E-state index is 3.67. The van der Waals surface area contributed by atoms with Crippen molar-refractivity contribution < 1.29 is 0 Å². The highest BCUT2D eigenvalue weighted by molar-refractivity contribution is 7.17. The van der Waals surface area contributed by atoms with E-state index in [4.69, 9.17) is 0 Å². The monoisotopic (exact) mass is 275 g/mol. The van der Waals surface area contributed by atoms with Crippen molar-refractivity contribution in [2.45, 2.75) is 46.1 Å². The normalized spacial score (nSPS) is 14.7. The first-order valence-electron chi connectivity index (χ1n) is 7.45. The Morgan fingerprint density at radius 1 is 1.21 bits per heavy atom. The van der Waals surface area contributed by atoms with E-state index in [1.54, 1.807) is 0 Å². The van der Waals surface area contributed by atoms with Crippen molar-refractivity contribution in [1.29, 1.82) is 0 Å². The van der Waals surface area contributed by atoms with Gasteiger partial charge in [0.15, 0.2) is 0 Å². The van der Waals surface area contributed by atoms with Gasteiger partial charge in [-0.3, -0.25) is 0 Å². The molecule has 2 rings (SSSR count). The van der Waals surface area contributed by atoms with Gasteiger partial charge in [0.25, 0.3) is 0 Å². The molecule has 0 radical (unpaired) electrons. The highest BCUT2D eigenvalue weighted by Gasteiger charge is 2.17. The molecule has 0 aliphatic rings. The first-order valence-corrected chi connectivity index (χ1v) is 8.33. The Labute approximate surface area is 121 Å². The van der Waals surface area contributed by atoms with Gasteiger partial charge in [-0.05, 0) is 41.3 Å². The fourth-order valence-corrected chi connectivity index (χ4v) is 3.86. The summed E-state index contributed by atoms with van der Waals surface area (Å²) < 4.78 is 1.41. The first kappa shape index (κ1) is 14.5. The van der Waals surface area contributed by atoms with Crippen LogP contribution in [0.1, 0.15) is 51.6 Å². The van der Waals surface area contributed by atoms with Crippen molar-refractivity contribution in [1.82, 2.24) is 5.32 Å². The molecule has 19 heavy (non-hydrogen) atoms. The summed E-state index contributed by atoms with van der Waals surface area (Å²) in [5.74, 6) is 0.785. The maximum Gasteiger partial charge on any atom is 0.0346 e. The van der Waals surface area contributed by atoms with Crippen LogP contribution in [0, 0.1) is 5.92 Å². The van der Waals surface area contributed by atoms with Crippen LogP contribution >= 0.6 is 11.3 Å². The molecule has 0 spiro atoms. The maximum atomic E-state index is 3.67. The zero-order valence-electron chi connectivity index (χ0n) is 12.3. The third-order valence-electron chi connectivity index (χ3n) is 3.76. The van der Waals surface area contributed by atoms with Gasteiger partial charge in [0, 0.05) is 10.7 Å². The second-order valence-electron chi connectivity index (χ2n) is 5.43. The van der Waals surface area contributed by atoms with E-state index < -0.39 is 0 Å². The predicted molar refractivity (Wildman–Crippen MR) is 86.9 cm³/mol. The van der Waals surface area contributed by atoms with Crippen LogP contribution < -0.4 is 5.32 Å². The third-order valence-corrected chi connectivity index (χ3v) is 4.74. The number of hydrogen-bond acceptors (Lipinski definition) is 2. The van der Waals surface area contributed by atoms with E-state index in [1.165, 1.54) is 34.9 Å². The van der Waals surface area contributed by atoms with Crippen molar-refractivity contribution in [3.63, 3.8) is 0 Å². The van der Waals surface area contributed by atoms with Gasteiger partial charge in [-0.15, -0.1) is 11.3 Å². The van der Waals surface area contributed by atoms with Crippen molar-refractivity contribution >= 4 is 21.4 Å². The summed E-state index contributed by atoms with van der Waals surface area (Å²) in [6, 6.07) is 9.27. The zero-order valence-corrected chi connectivity index (χ0v) is 13.1. The van der Waals surface area contributed by atoms with Crippen LogP contribution in [0.25, 0.3) is 10.1 Å². The molecule has 2 atom stereocenters. The smallest absolute Gasteiger partial charge is 0.0346 e. The molecule has 2 heteroatoms. The Morgan fingerprint density at radius 2 is 2.00 bits per heavy atom. The van der Waals surface area contributed by atoms with Gasteiger partial charge in [0.05, 0.1) is 0 Å². The first-order chi connectivity index (χ1) is 9.26. The van der Waals surface area contributed by atoms with E-state index in [9.17, 15) is 0 Å². The predicted octanol–water partition coefficient (Wildman–Crippen LogP) is 5.38. The molecule has 0 aliphatic heterocycles. The van der Waals surface area contributed by atoms with Crippen LogP contribution in [0.2, 0.25) is 0 Å². The van der Waals surface area contributed by atoms with Gasteiger partial charge in [-0.1, -0.05) is 51.8 Å². The Morgan fingerprint density at radius 3 is 2.74 bits per heavy atom. The minimum Gasteiger partial charge on any atom is -0.310 e. The lowest BCUT2D eigenvalue weighted by atomic mass is 9.92. The fraction of sp³-hybridized carbons (Fsp3) is 0.529. The Kier molecular flexibility index (Phi) is 5.41. The summed E-state index contributed by atoms with van der Waals surface area (Å²) in [4.78, 5) is 0. The lowest BCUT2D eigenvalue weighted by molar-refractivity contribution is 0.397. The van der Waals surface area contributed by atoms with Gasteiger partial charge in [-0.2, -0.15) is 0 Å². The van der Waals surface area contributed by atoms with Crippen LogP contribution in [0.3, 0.4) is 0 Å². The average molecular weight is 275 g/mol. The third kappa shape index (κ3) is 3.58. The number of rotatable bonds is 7. The van der Waals surface area contributed by atoms with E-state index in [1.807, 2.05) is 11.3 Å². The molecule has 0 aliphatic carbocycles. The Balaban J connectivity index is 2.22.